The Kier molecular flexibility index (Phi) is 7.66. The lowest BCUT2D eigenvalue weighted by molar-refractivity contribution is 0.448. The summed E-state index contributed by atoms with van der Waals surface area (Å²) in [5.74, 6) is 3.12. The molecule has 0 fully saturated rings. The van der Waals surface area contributed by atoms with Crippen molar-refractivity contribution in [3.8, 4) is 23.0 Å². The molecular weight excluding hydrogens is 683 g/mol. The topological polar surface area (TPSA) is 63.6 Å². The molecule has 0 radical (unpaired) electrons. The fourth-order valence-corrected chi connectivity index (χ4v) is 8.57. The van der Waals surface area contributed by atoms with Crippen molar-refractivity contribution in [1.82, 2.24) is 15.0 Å². The molecule has 3 aromatic heterocycles. The normalized spacial score (nSPS) is 12.5. The number of ether oxygens (including phenoxy) is 2. The predicted octanol–water partition coefficient (Wildman–Crippen LogP) is 11.3. The monoisotopic (exact) mass is 711 g/mol. The number of hydrogen-bond donors (Lipinski definition) is 0. The molecule has 250 valence electrons. The Hall–Kier alpha value is -6.03. The molecule has 9 heteroatoms. The summed E-state index contributed by atoms with van der Waals surface area (Å²) in [6.07, 6.45) is 5.50. The van der Waals surface area contributed by atoms with E-state index in [0.29, 0.717) is 13.1 Å². The number of benzene rings is 5. The van der Waals surface area contributed by atoms with Gasteiger partial charge in [-0.05, 0) is 82.6 Å². The molecule has 5 aromatic carbocycles. The molecule has 0 atom stereocenters. The Morgan fingerprint density at radius 1 is 0.462 bits per heavy atom. The maximum atomic E-state index is 6.49. The van der Waals surface area contributed by atoms with E-state index in [2.05, 4.69) is 128 Å². The highest BCUT2D eigenvalue weighted by atomic mass is 32.2. The molecule has 0 unspecified atom stereocenters. The minimum Gasteiger partial charge on any atom is -0.453 e. The van der Waals surface area contributed by atoms with Crippen LogP contribution in [0, 0.1) is 0 Å². The molecule has 0 N–H and O–H groups in total. The fourth-order valence-electron chi connectivity index (χ4n) is 6.83. The van der Waals surface area contributed by atoms with Crippen LogP contribution in [-0.4, -0.2) is 15.0 Å². The molecule has 2 aliphatic rings. The maximum absolute atomic E-state index is 6.49. The van der Waals surface area contributed by atoms with Crippen LogP contribution in [0.1, 0.15) is 11.1 Å². The summed E-state index contributed by atoms with van der Waals surface area (Å²) in [5, 5.41) is 9.96. The van der Waals surface area contributed by atoms with Crippen molar-refractivity contribution in [3.63, 3.8) is 0 Å². The van der Waals surface area contributed by atoms with Crippen LogP contribution >= 0.6 is 23.5 Å². The zero-order valence-electron chi connectivity index (χ0n) is 27.7. The average Bonchev–Trinajstić information content (AvgIpc) is 3.20. The molecule has 0 aliphatic carbocycles. The van der Waals surface area contributed by atoms with Crippen molar-refractivity contribution >= 4 is 56.6 Å². The molecule has 0 spiro atoms. The largest absolute Gasteiger partial charge is 0.453 e. The summed E-state index contributed by atoms with van der Waals surface area (Å²) < 4.78 is 13.0. The Balaban J connectivity index is 1.14. The van der Waals surface area contributed by atoms with Gasteiger partial charge >= 0.3 is 0 Å². The Morgan fingerprint density at radius 2 is 1.04 bits per heavy atom. The van der Waals surface area contributed by atoms with Crippen LogP contribution in [0.5, 0.6) is 23.0 Å². The molecule has 0 bridgehead atoms. The number of rotatable bonds is 7. The number of aromatic nitrogens is 3. The van der Waals surface area contributed by atoms with Gasteiger partial charge in [-0.3, -0.25) is 15.0 Å². The molecule has 0 saturated carbocycles. The van der Waals surface area contributed by atoms with Crippen LogP contribution in [0.3, 0.4) is 0 Å². The van der Waals surface area contributed by atoms with Crippen LogP contribution in [0.2, 0.25) is 0 Å². The number of hydrogen-bond acceptors (Lipinski definition) is 9. The molecular formula is C43H29N5O2S2. The van der Waals surface area contributed by atoms with Gasteiger partial charge in [0, 0.05) is 36.1 Å². The van der Waals surface area contributed by atoms with Crippen molar-refractivity contribution in [2.75, 3.05) is 10.0 Å². The van der Waals surface area contributed by atoms with Gasteiger partial charge in [0.15, 0.2) is 11.5 Å². The Bertz CT molecular complexity index is 2460. The van der Waals surface area contributed by atoms with E-state index in [4.69, 9.17) is 9.47 Å². The van der Waals surface area contributed by atoms with Crippen LogP contribution in [0.4, 0.5) is 11.4 Å². The van der Waals surface area contributed by atoms with Gasteiger partial charge in [-0.25, -0.2) is 9.97 Å². The first-order chi connectivity index (χ1) is 25.7. The molecule has 10 rings (SSSR count). The predicted molar refractivity (Wildman–Crippen MR) is 208 cm³/mol. The first kappa shape index (κ1) is 30.8. The summed E-state index contributed by atoms with van der Waals surface area (Å²) in [6, 6.07) is 46.2. The quantitative estimate of drug-likeness (QED) is 0.150. The lowest BCUT2D eigenvalue weighted by atomic mass is 10.0. The average molecular weight is 712 g/mol. The number of fused-ring (bicyclic) bond motifs is 6. The lowest BCUT2D eigenvalue weighted by Crippen LogP contribution is -2.42. The zero-order valence-corrected chi connectivity index (χ0v) is 29.4. The minimum atomic E-state index is 0.567. The van der Waals surface area contributed by atoms with E-state index < -0.39 is 0 Å². The molecule has 52 heavy (non-hydrogen) atoms. The highest BCUT2D eigenvalue weighted by Gasteiger charge is 2.27. The van der Waals surface area contributed by atoms with Gasteiger partial charge in [0.05, 0.1) is 39.8 Å². The summed E-state index contributed by atoms with van der Waals surface area (Å²) in [4.78, 5) is 15.8. The second kappa shape index (κ2) is 12.9. The molecule has 5 heterocycles. The standard InChI is InChI=1S/C43H29N5O2S2/c1-2-11-33-28(8-1)9-5-10-29(33)26-47(31-16-18-40-38(24-31)49-36-14-6-21-45-42(36)51-40)48(27-30-20-23-44-35-13-4-3-12-34(30)35)32-17-19-41-39(25-32)50-37-15-7-22-46-43(37)52-41/h1-25H,26-27H2. The smallest absolute Gasteiger partial charge is 0.160 e. The third-order valence-electron chi connectivity index (χ3n) is 9.33. The van der Waals surface area contributed by atoms with E-state index in [1.54, 1.807) is 35.9 Å². The van der Waals surface area contributed by atoms with Crippen molar-refractivity contribution in [2.24, 2.45) is 0 Å². The first-order valence-corrected chi connectivity index (χ1v) is 18.6. The summed E-state index contributed by atoms with van der Waals surface area (Å²) >= 11 is 3.26. The van der Waals surface area contributed by atoms with Crippen LogP contribution < -0.4 is 19.5 Å². The third-order valence-corrected chi connectivity index (χ3v) is 11.4. The van der Waals surface area contributed by atoms with Gasteiger partial charge in [-0.1, -0.05) is 84.2 Å². The molecule has 7 nitrogen and oxygen atoms in total. The van der Waals surface area contributed by atoms with Gasteiger partial charge in [-0.2, -0.15) is 0 Å². The van der Waals surface area contributed by atoms with Crippen LogP contribution in [0.15, 0.2) is 172 Å². The molecule has 8 aromatic rings. The Labute approximate surface area is 308 Å². The van der Waals surface area contributed by atoms with E-state index in [9.17, 15) is 0 Å². The van der Waals surface area contributed by atoms with Crippen LogP contribution in [0.25, 0.3) is 21.7 Å². The number of anilines is 2. The second-order valence-electron chi connectivity index (χ2n) is 12.5. The zero-order chi connectivity index (χ0) is 34.4. The van der Waals surface area contributed by atoms with Gasteiger partial charge in [0.2, 0.25) is 0 Å². The van der Waals surface area contributed by atoms with E-state index in [-0.39, 0.29) is 0 Å². The van der Waals surface area contributed by atoms with Gasteiger partial charge < -0.3 is 9.47 Å². The van der Waals surface area contributed by atoms with Crippen molar-refractivity contribution in [2.45, 2.75) is 32.9 Å². The molecule has 2 aliphatic heterocycles. The van der Waals surface area contributed by atoms with Crippen molar-refractivity contribution in [1.29, 1.82) is 0 Å². The van der Waals surface area contributed by atoms with E-state index >= 15 is 0 Å². The van der Waals surface area contributed by atoms with Crippen molar-refractivity contribution < 1.29 is 9.47 Å². The van der Waals surface area contributed by atoms with Gasteiger partial charge in [-0.15, -0.1) is 0 Å². The minimum absolute atomic E-state index is 0.567. The van der Waals surface area contributed by atoms with E-state index in [1.165, 1.54) is 16.3 Å². The van der Waals surface area contributed by atoms with Crippen LogP contribution in [-0.2, 0) is 13.1 Å². The van der Waals surface area contributed by atoms with Gasteiger partial charge in [0.25, 0.3) is 0 Å². The summed E-state index contributed by atoms with van der Waals surface area (Å²) in [6.45, 7) is 1.16. The highest BCUT2D eigenvalue weighted by Crippen LogP contribution is 2.49. The third kappa shape index (κ3) is 5.64. The Morgan fingerprint density at radius 3 is 1.71 bits per heavy atom. The summed E-state index contributed by atoms with van der Waals surface area (Å²) in [7, 11) is 0. The SMILES string of the molecule is c1cnc2c(c1)Oc1cc(N(Cc3cccc4ccccc34)N(Cc3ccnc4ccccc34)c3ccc4c(c3)Oc3cccnc3S4)ccc1S2. The number of pyridine rings is 3. The maximum Gasteiger partial charge on any atom is 0.160 e. The molecule has 0 saturated heterocycles. The number of nitrogens with zero attached hydrogens (tertiary/aromatic N) is 5. The lowest BCUT2D eigenvalue weighted by Gasteiger charge is -2.40. The van der Waals surface area contributed by atoms with E-state index in [0.717, 1.165) is 70.7 Å². The molecule has 0 amide bonds. The second-order valence-corrected chi connectivity index (χ2v) is 14.6. The number of hydrazine groups is 1. The van der Waals surface area contributed by atoms with Gasteiger partial charge in [0.1, 0.15) is 21.6 Å². The van der Waals surface area contributed by atoms with Crippen molar-refractivity contribution in [3.05, 3.63) is 163 Å². The highest BCUT2D eigenvalue weighted by molar-refractivity contribution is 7.99. The summed E-state index contributed by atoms with van der Waals surface area (Å²) in [5.41, 5.74) is 5.29. The fraction of sp³-hybridized carbons (Fsp3) is 0.0465. The first-order valence-electron chi connectivity index (χ1n) is 17.0. The van der Waals surface area contributed by atoms with E-state index in [1.807, 2.05) is 36.5 Å². The number of para-hydroxylation sites is 1.